The zero-order chi connectivity index (χ0) is 12.6. The van der Waals surface area contributed by atoms with Crippen molar-refractivity contribution >= 4 is 34.9 Å². The highest BCUT2D eigenvalue weighted by Gasteiger charge is 2.29. The third-order valence-corrected chi connectivity index (χ3v) is 8.04. The Morgan fingerprint density at radius 1 is 1.35 bits per heavy atom. The summed E-state index contributed by atoms with van der Waals surface area (Å²) in [6.07, 6.45) is -0.390. The summed E-state index contributed by atoms with van der Waals surface area (Å²) in [6, 6.07) is 0. The molecule has 1 aliphatic heterocycles. The summed E-state index contributed by atoms with van der Waals surface area (Å²) in [4.78, 5) is 5.66. The smallest absolute Gasteiger partial charge is 0.107 e. The van der Waals surface area contributed by atoms with E-state index in [0.717, 1.165) is 21.6 Å². The summed E-state index contributed by atoms with van der Waals surface area (Å²) in [5.41, 5.74) is 0.997. The third-order valence-electron chi connectivity index (χ3n) is 3.05. The Kier molecular flexibility index (Phi) is 4.45. The van der Waals surface area contributed by atoms with Crippen LogP contribution in [0, 0.1) is 6.92 Å². The van der Waals surface area contributed by atoms with Gasteiger partial charge in [-0.25, -0.2) is 4.98 Å². The zero-order valence-electron chi connectivity index (χ0n) is 10.6. The minimum atomic E-state index is -0.390. The van der Waals surface area contributed by atoms with Crippen LogP contribution in [0.5, 0.6) is 0 Å². The van der Waals surface area contributed by atoms with E-state index in [0.29, 0.717) is 10.5 Å². The molecule has 1 fully saturated rings. The summed E-state index contributed by atoms with van der Waals surface area (Å²) in [7, 11) is 0. The molecule has 2 heterocycles. The second kappa shape index (κ2) is 5.51. The van der Waals surface area contributed by atoms with Crippen molar-refractivity contribution < 1.29 is 5.11 Å². The Labute approximate surface area is 116 Å². The quantitative estimate of drug-likeness (QED) is 0.897. The van der Waals surface area contributed by atoms with Gasteiger partial charge in [-0.3, -0.25) is 0 Å². The number of aliphatic hydroxyl groups is 1. The molecule has 1 aromatic rings. The van der Waals surface area contributed by atoms with Crippen LogP contribution in [0.25, 0.3) is 0 Å². The molecule has 2 nitrogen and oxygen atoms in total. The van der Waals surface area contributed by atoms with Gasteiger partial charge in [0.15, 0.2) is 0 Å². The van der Waals surface area contributed by atoms with Crippen molar-refractivity contribution in [3.8, 4) is 0 Å². The molecule has 96 valence electrons. The predicted octanol–water partition coefficient (Wildman–Crippen LogP) is 3.80. The maximum absolute atomic E-state index is 9.67. The average Bonchev–Trinajstić information content (AvgIpc) is 2.64. The lowest BCUT2D eigenvalue weighted by atomic mass is 10.3. The van der Waals surface area contributed by atoms with E-state index in [1.54, 1.807) is 11.3 Å². The van der Waals surface area contributed by atoms with E-state index in [1.807, 2.05) is 37.4 Å². The second-order valence-corrected chi connectivity index (χ2v) is 8.60. The Morgan fingerprint density at radius 2 is 2.06 bits per heavy atom. The second-order valence-electron chi connectivity index (χ2n) is 4.55. The van der Waals surface area contributed by atoms with Gasteiger partial charge < -0.3 is 5.11 Å². The highest BCUT2D eigenvalue weighted by Crippen LogP contribution is 2.46. The van der Waals surface area contributed by atoms with Crippen molar-refractivity contribution in [1.29, 1.82) is 0 Å². The predicted molar refractivity (Wildman–Crippen MR) is 79.2 cm³/mol. The summed E-state index contributed by atoms with van der Waals surface area (Å²) >= 11 is 5.74. The van der Waals surface area contributed by atoms with Crippen molar-refractivity contribution in [2.45, 2.75) is 49.5 Å². The molecule has 4 unspecified atom stereocenters. The minimum absolute atomic E-state index is 0.390. The number of rotatable bonds is 2. The molecule has 0 aromatic carbocycles. The number of aromatic nitrogens is 1. The van der Waals surface area contributed by atoms with Crippen molar-refractivity contribution in [2.24, 2.45) is 0 Å². The van der Waals surface area contributed by atoms with Gasteiger partial charge in [0.05, 0.1) is 21.9 Å². The van der Waals surface area contributed by atoms with Gasteiger partial charge in [0.1, 0.15) is 5.01 Å². The van der Waals surface area contributed by atoms with Crippen LogP contribution in [0.2, 0.25) is 0 Å². The molecule has 0 radical (unpaired) electrons. The normalized spacial score (nSPS) is 31.5. The number of hydrogen-bond acceptors (Lipinski definition) is 5. The van der Waals surface area contributed by atoms with Gasteiger partial charge in [0.25, 0.3) is 0 Å². The summed E-state index contributed by atoms with van der Waals surface area (Å²) in [6.45, 7) is 8.41. The molecule has 1 saturated heterocycles. The van der Waals surface area contributed by atoms with Gasteiger partial charge in [-0.15, -0.1) is 23.1 Å². The first kappa shape index (κ1) is 13.7. The largest absolute Gasteiger partial charge is 0.388 e. The van der Waals surface area contributed by atoms with E-state index in [2.05, 4.69) is 18.8 Å². The fourth-order valence-electron chi connectivity index (χ4n) is 1.87. The van der Waals surface area contributed by atoms with Gasteiger partial charge >= 0.3 is 0 Å². The van der Waals surface area contributed by atoms with Crippen LogP contribution in [-0.4, -0.2) is 26.3 Å². The highest BCUT2D eigenvalue weighted by atomic mass is 32.2. The summed E-state index contributed by atoms with van der Waals surface area (Å²) in [5.74, 6) is 1.14. The van der Waals surface area contributed by atoms with E-state index in [4.69, 9.17) is 0 Å². The standard InChI is InChI=1S/C12H19NOS3/c1-6-11(7(2)14)17-12(13-6)10-5-15-8(3)9(4)16-10/h7-10,14H,5H2,1-4H3. The van der Waals surface area contributed by atoms with Crippen LogP contribution >= 0.6 is 34.9 Å². The first-order chi connectivity index (χ1) is 7.99. The maximum Gasteiger partial charge on any atom is 0.107 e. The molecular formula is C12H19NOS3. The van der Waals surface area contributed by atoms with E-state index < -0.39 is 0 Å². The third kappa shape index (κ3) is 3.00. The Bertz CT molecular complexity index is 391. The van der Waals surface area contributed by atoms with E-state index in [9.17, 15) is 5.11 Å². The van der Waals surface area contributed by atoms with Gasteiger partial charge in [-0.2, -0.15) is 11.8 Å². The fraction of sp³-hybridized carbons (Fsp3) is 0.750. The maximum atomic E-state index is 9.67. The molecule has 0 spiro atoms. The molecule has 0 bridgehead atoms. The molecule has 4 atom stereocenters. The SMILES string of the molecule is Cc1nc(C2CSC(C)C(C)S2)sc1C(C)O. The zero-order valence-corrected chi connectivity index (χ0v) is 13.1. The van der Waals surface area contributed by atoms with Crippen LogP contribution in [0.15, 0.2) is 0 Å². The molecule has 0 aliphatic carbocycles. The number of thiazole rings is 1. The van der Waals surface area contributed by atoms with Crippen molar-refractivity contribution in [3.63, 3.8) is 0 Å². The first-order valence-corrected chi connectivity index (χ1v) is 8.72. The highest BCUT2D eigenvalue weighted by molar-refractivity contribution is 8.07. The lowest BCUT2D eigenvalue weighted by Gasteiger charge is -2.30. The summed E-state index contributed by atoms with van der Waals surface area (Å²) < 4.78 is 0. The number of nitrogens with zero attached hydrogens (tertiary/aromatic N) is 1. The molecule has 0 saturated carbocycles. The lowest BCUT2D eigenvalue weighted by molar-refractivity contribution is 0.202. The van der Waals surface area contributed by atoms with E-state index in [-0.39, 0.29) is 6.10 Å². The Morgan fingerprint density at radius 3 is 2.59 bits per heavy atom. The van der Waals surface area contributed by atoms with Crippen LogP contribution in [-0.2, 0) is 0 Å². The number of aliphatic hydroxyl groups excluding tert-OH is 1. The fourth-order valence-corrected chi connectivity index (χ4v) is 6.07. The minimum Gasteiger partial charge on any atom is -0.388 e. The Hall–Kier alpha value is 0.290. The monoisotopic (exact) mass is 289 g/mol. The van der Waals surface area contributed by atoms with Gasteiger partial charge in [0.2, 0.25) is 0 Å². The first-order valence-electron chi connectivity index (χ1n) is 5.91. The van der Waals surface area contributed by atoms with Crippen molar-refractivity contribution in [3.05, 3.63) is 15.6 Å². The number of aryl methyl sites for hydroxylation is 1. The van der Waals surface area contributed by atoms with Gasteiger partial charge in [-0.05, 0) is 13.8 Å². The lowest BCUT2D eigenvalue weighted by Crippen LogP contribution is -2.21. The summed E-state index contributed by atoms with van der Waals surface area (Å²) in [5, 5.41) is 12.8. The van der Waals surface area contributed by atoms with E-state index >= 15 is 0 Å². The molecule has 17 heavy (non-hydrogen) atoms. The molecule has 1 aromatic heterocycles. The number of hydrogen-bond donors (Lipinski definition) is 1. The van der Waals surface area contributed by atoms with Crippen LogP contribution < -0.4 is 0 Å². The van der Waals surface area contributed by atoms with Crippen LogP contribution in [0.1, 0.15) is 47.7 Å². The molecule has 2 rings (SSSR count). The van der Waals surface area contributed by atoms with Gasteiger partial charge in [0, 0.05) is 16.3 Å². The average molecular weight is 289 g/mol. The molecular weight excluding hydrogens is 270 g/mol. The molecule has 5 heteroatoms. The van der Waals surface area contributed by atoms with Crippen LogP contribution in [0.4, 0.5) is 0 Å². The van der Waals surface area contributed by atoms with E-state index in [1.165, 1.54) is 5.01 Å². The van der Waals surface area contributed by atoms with Crippen LogP contribution in [0.3, 0.4) is 0 Å². The molecule has 1 N–H and O–H groups in total. The molecule has 1 aliphatic rings. The molecule has 0 amide bonds. The number of thioether (sulfide) groups is 2. The van der Waals surface area contributed by atoms with Crippen molar-refractivity contribution in [1.82, 2.24) is 4.98 Å². The Balaban J connectivity index is 2.15. The van der Waals surface area contributed by atoms with Crippen molar-refractivity contribution in [2.75, 3.05) is 5.75 Å². The topological polar surface area (TPSA) is 33.1 Å². The van der Waals surface area contributed by atoms with Gasteiger partial charge in [-0.1, -0.05) is 13.8 Å².